The van der Waals surface area contributed by atoms with Crippen LogP contribution in [0.2, 0.25) is 0 Å². The summed E-state index contributed by atoms with van der Waals surface area (Å²) in [6.45, 7) is 0. The molecule has 0 bridgehead atoms. The van der Waals surface area contributed by atoms with E-state index in [1.54, 1.807) is 0 Å². The van der Waals surface area contributed by atoms with Gasteiger partial charge < -0.3 is 0 Å². The quantitative estimate of drug-likeness (QED) is 0.429. The summed E-state index contributed by atoms with van der Waals surface area (Å²) in [5.41, 5.74) is 0. The predicted molar refractivity (Wildman–Crippen MR) is 14.5 cm³/mol. The SMILES string of the molecule is O=[Te](O)O.[O]=[Nb](=[O])[OH]. The fraction of sp³-hybridized carbons (Fsp3) is 0. The van der Waals surface area contributed by atoms with Crippen molar-refractivity contribution in [1.29, 1.82) is 0 Å². The minimum absolute atomic E-state index is 3.61. The van der Waals surface area contributed by atoms with Gasteiger partial charge in [-0.15, -0.1) is 0 Å². The zero-order chi connectivity index (χ0) is 7.15. The number of hydrogen-bond donors (Lipinski definition) is 3. The van der Waals surface area contributed by atoms with Crippen molar-refractivity contribution in [2.24, 2.45) is 0 Å². The molecule has 0 aliphatic rings. The van der Waals surface area contributed by atoms with Crippen LogP contribution in [0.3, 0.4) is 0 Å². The first-order valence-electron chi connectivity index (χ1n) is 1.10. The van der Waals surface area contributed by atoms with E-state index in [2.05, 4.69) is 0 Å². The number of hydrogen-bond acceptors (Lipinski definition) is 3. The Labute approximate surface area is 59.1 Å². The Morgan fingerprint density at radius 2 is 1.25 bits per heavy atom. The topological polar surface area (TPSA) is 112 Å². The molecule has 0 unspecified atom stereocenters. The fourth-order valence-corrected chi connectivity index (χ4v) is 0. The molecule has 0 aromatic rings. The van der Waals surface area contributed by atoms with E-state index in [9.17, 15) is 0 Å². The van der Waals surface area contributed by atoms with Gasteiger partial charge in [-0.05, 0) is 0 Å². The van der Waals surface area contributed by atoms with E-state index in [1.165, 1.54) is 0 Å². The van der Waals surface area contributed by atoms with Crippen LogP contribution < -0.4 is 0 Å². The average Bonchev–Trinajstić information content (AvgIpc) is 1.25. The molecule has 8 heavy (non-hydrogen) atoms. The summed E-state index contributed by atoms with van der Waals surface area (Å²) in [6.07, 6.45) is 0. The van der Waals surface area contributed by atoms with Gasteiger partial charge in [-0.2, -0.15) is 0 Å². The van der Waals surface area contributed by atoms with E-state index >= 15 is 0 Å². The molecule has 0 spiro atoms. The molecule has 50 valence electrons. The Morgan fingerprint density at radius 1 is 1.25 bits per heavy atom. The Bertz CT molecular complexity index is 110. The molecule has 0 saturated carbocycles. The van der Waals surface area contributed by atoms with Crippen molar-refractivity contribution in [3.05, 3.63) is 0 Å². The van der Waals surface area contributed by atoms with E-state index < -0.39 is 39.1 Å². The molecule has 3 N–H and O–H groups in total. The minimum atomic E-state index is -3.95. The van der Waals surface area contributed by atoms with Crippen LogP contribution in [0.5, 0.6) is 0 Å². The third-order valence-electron chi connectivity index (χ3n) is 0. The van der Waals surface area contributed by atoms with Gasteiger partial charge in [0.2, 0.25) is 0 Å². The van der Waals surface area contributed by atoms with E-state index in [-0.39, 0.29) is 0 Å². The van der Waals surface area contributed by atoms with Gasteiger partial charge in [0.25, 0.3) is 0 Å². The summed E-state index contributed by atoms with van der Waals surface area (Å²) in [5, 5.41) is 0. The Morgan fingerprint density at radius 3 is 1.25 bits per heavy atom. The van der Waals surface area contributed by atoms with Gasteiger partial charge in [0.05, 0.1) is 0 Å². The van der Waals surface area contributed by atoms with Crippen LogP contribution in [0.25, 0.3) is 0 Å². The van der Waals surface area contributed by atoms with Crippen LogP contribution in [0.4, 0.5) is 0 Å². The maximum atomic E-state index is 8.81. The summed E-state index contributed by atoms with van der Waals surface area (Å²) in [4.78, 5) is 0. The second-order valence-electron chi connectivity index (χ2n) is 0.469. The molecule has 6 nitrogen and oxygen atoms in total. The van der Waals surface area contributed by atoms with Crippen LogP contribution in [0, 0.1) is 0 Å². The molecular formula is H3NbO6Te. The monoisotopic (exact) mass is 322 g/mol. The van der Waals surface area contributed by atoms with Crippen LogP contribution >= 0.6 is 0 Å². The van der Waals surface area contributed by atoms with Gasteiger partial charge in [0, 0.05) is 0 Å². The molecule has 0 fully saturated rings. The molecule has 0 radical (unpaired) electrons. The van der Waals surface area contributed by atoms with Crippen molar-refractivity contribution in [2.45, 2.75) is 0 Å². The van der Waals surface area contributed by atoms with Gasteiger partial charge in [-0.25, -0.2) is 0 Å². The molecule has 0 atom stereocenters. The molecule has 0 aromatic heterocycles. The average molecular weight is 320 g/mol. The summed E-state index contributed by atoms with van der Waals surface area (Å²) >= 11 is -7.56. The van der Waals surface area contributed by atoms with Gasteiger partial charge in [0.1, 0.15) is 0 Å². The number of rotatable bonds is 0. The molecule has 0 rings (SSSR count). The van der Waals surface area contributed by atoms with Crippen molar-refractivity contribution in [3.8, 4) is 0 Å². The zero-order valence-electron chi connectivity index (χ0n) is 3.42. The van der Waals surface area contributed by atoms with Crippen LogP contribution in [0.1, 0.15) is 0 Å². The molecule has 8 heteroatoms. The van der Waals surface area contributed by atoms with Gasteiger partial charge in [0.15, 0.2) is 0 Å². The molecule has 0 aliphatic carbocycles. The summed E-state index contributed by atoms with van der Waals surface area (Å²) < 4.78 is 47.8. The van der Waals surface area contributed by atoms with Crippen molar-refractivity contribution in [1.82, 2.24) is 0 Å². The van der Waals surface area contributed by atoms with E-state index in [4.69, 9.17) is 20.2 Å². The van der Waals surface area contributed by atoms with Crippen molar-refractivity contribution >= 4 is 20.4 Å². The first-order chi connectivity index (χ1) is 3.46. The second-order valence-corrected chi connectivity index (χ2v) is 2.95. The van der Waals surface area contributed by atoms with Gasteiger partial charge in [-0.1, -0.05) is 0 Å². The van der Waals surface area contributed by atoms with E-state index in [1.807, 2.05) is 0 Å². The summed E-state index contributed by atoms with van der Waals surface area (Å²) in [6, 6.07) is 0. The predicted octanol–water partition coefficient (Wildman–Crippen LogP) is -2.41. The van der Waals surface area contributed by atoms with E-state index in [0.717, 1.165) is 0 Å². The van der Waals surface area contributed by atoms with Crippen LogP contribution in [0.15, 0.2) is 0 Å². The molecular weight excluding hydrogens is 316 g/mol. The Kier molecular flexibility index (Phi) is 11.3. The van der Waals surface area contributed by atoms with Gasteiger partial charge in [-0.3, -0.25) is 0 Å². The molecule has 0 heterocycles. The Hall–Kier alpha value is 0.810. The molecule has 0 saturated heterocycles. The first kappa shape index (κ1) is 11.6. The Balaban J connectivity index is 0. The third-order valence-corrected chi connectivity index (χ3v) is 0. The van der Waals surface area contributed by atoms with Crippen LogP contribution in [-0.4, -0.2) is 30.9 Å². The van der Waals surface area contributed by atoms with Crippen molar-refractivity contribution in [3.63, 3.8) is 0 Å². The van der Waals surface area contributed by atoms with Crippen LogP contribution in [-0.2, 0) is 28.4 Å². The molecule has 0 aromatic carbocycles. The normalized spacial score (nSPS) is 7.50. The van der Waals surface area contributed by atoms with Gasteiger partial charge >= 0.3 is 59.3 Å². The summed E-state index contributed by atoms with van der Waals surface area (Å²) in [7, 11) is 0. The van der Waals surface area contributed by atoms with Crippen molar-refractivity contribution in [2.75, 3.05) is 0 Å². The zero-order valence-corrected chi connectivity index (χ0v) is 7.95. The third kappa shape index (κ3) is 350. The van der Waals surface area contributed by atoms with Crippen molar-refractivity contribution < 1.29 is 38.9 Å². The standard InChI is InChI=1S/Nb.H2O3Te.H2O.2O/c;1-4(2)3;;;/h;(H2,1,2,3);1H2;;/q+1;;;;/p-1. The van der Waals surface area contributed by atoms with E-state index in [0.29, 0.717) is 0 Å². The molecule has 0 aliphatic heterocycles. The first-order valence-corrected chi connectivity index (χ1v) is 6.91. The summed E-state index contributed by atoms with van der Waals surface area (Å²) in [5.74, 6) is 0. The second kappa shape index (κ2) is 7.81. The fourth-order valence-electron chi connectivity index (χ4n) is 0. The maximum absolute atomic E-state index is 8.81. The molecule has 0 amide bonds.